The number of hydrogen-bond donors (Lipinski definition) is 2. The van der Waals surface area contributed by atoms with Crippen molar-refractivity contribution < 1.29 is 27.0 Å². The van der Waals surface area contributed by atoms with Crippen molar-refractivity contribution in [1.29, 1.82) is 0 Å². The van der Waals surface area contributed by atoms with E-state index in [9.17, 15) is 22.3 Å². The summed E-state index contributed by atoms with van der Waals surface area (Å²) in [6, 6.07) is 2.86. The molecule has 2 N–H and O–H groups in total. The summed E-state index contributed by atoms with van der Waals surface area (Å²) in [5, 5.41) is 10.0. The minimum atomic E-state index is -4.28. The van der Waals surface area contributed by atoms with Crippen LogP contribution in [-0.2, 0) is 14.8 Å². The van der Waals surface area contributed by atoms with Gasteiger partial charge in [0.05, 0.1) is 6.10 Å². The Balaban J connectivity index is 1.93. The van der Waals surface area contributed by atoms with Crippen molar-refractivity contribution in [1.82, 2.24) is 4.72 Å². The number of aliphatic hydroxyl groups excluding tert-OH is 1. The Morgan fingerprint density at radius 2 is 1.86 bits per heavy atom. The van der Waals surface area contributed by atoms with E-state index in [0.717, 1.165) is 31.0 Å². The summed E-state index contributed by atoms with van der Waals surface area (Å²) in [5.41, 5.74) is 0. The Morgan fingerprint density at radius 3 is 2.45 bits per heavy atom. The van der Waals surface area contributed by atoms with Gasteiger partial charge in [0.15, 0.2) is 4.90 Å². The lowest BCUT2D eigenvalue weighted by molar-refractivity contribution is 0.00567. The van der Waals surface area contributed by atoms with E-state index in [4.69, 9.17) is 4.74 Å². The Morgan fingerprint density at radius 1 is 1.27 bits per heavy atom. The molecule has 0 unspecified atom stereocenters. The Hall–Kier alpha value is -1.09. The first-order valence-corrected chi connectivity index (χ1v) is 8.59. The molecule has 1 heterocycles. The van der Waals surface area contributed by atoms with Crippen LogP contribution in [0, 0.1) is 17.6 Å². The highest BCUT2D eigenvalue weighted by molar-refractivity contribution is 7.89. The van der Waals surface area contributed by atoms with E-state index in [-0.39, 0.29) is 18.9 Å². The molecule has 22 heavy (non-hydrogen) atoms. The average molecular weight is 335 g/mol. The monoisotopic (exact) mass is 335 g/mol. The van der Waals surface area contributed by atoms with Crippen LogP contribution in [0.4, 0.5) is 8.78 Å². The van der Waals surface area contributed by atoms with Crippen LogP contribution in [0.5, 0.6) is 0 Å². The third kappa shape index (κ3) is 4.22. The molecule has 0 bridgehead atoms. The molecular weight excluding hydrogens is 316 g/mol. The lowest BCUT2D eigenvalue weighted by Gasteiger charge is -2.26. The number of halogens is 2. The van der Waals surface area contributed by atoms with Gasteiger partial charge >= 0.3 is 0 Å². The molecule has 1 aromatic rings. The van der Waals surface area contributed by atoms with Crippen molar-refractivity contribution in [2.45, 2.75) is 30.3 Å². The number of aliphatic hydroxyl groups is 1. The van der Waals surface area contributed by atoms with E-state index in [1.807, 2.05) is 0 Å². The van der Waals surface area contributed by atoms with Gasteiger partial charge in [0.25, 0.3) is 0 Å². The average Bonchev–Trinajstić information content (AvgIpc) is 2.47. The number of hydrogen-bond acceptors (Lipinski definition) is 4. The first-order chi connectivity index (χ1) is 10.4. The van der Waals surface area contributed by atoms with E-state index in [2.05, 4.69) is 4.72 Å². The quantitative estimate of drug-likeness (QED) is 0.824. The molecule has 8 heteroatoms. The Kier molecular flexibility index (Phi) is 5.85. The number of sulfonamides is 1. The molecule has 0 aliphatic carbocycles. The smallest absolute Gasteiger partial charge is 0.246 e. The summed E-state index contributed by atoms with van der Waals surface area (Å²) in [6.07, 6.45) is 0.947. The van der Waals surface area contributed by atoms with Gasteiger partial charge in [-0.3, -0.25) is 0 Å². The lowest BCUT2D eigenvalue weighted by Crippen LogP contribution is -2.33. The van der Waals surface area contributed by atoms with Crippen molar-refractivity contribution in [2.24, 2.45) is 5.92 Å². The molecule has 1 atom stereocenters. The number of rotatable bonds is 6. The van der Waals surface area contributed by atoms with Crippen LogP contribution in [0.2, 0.25) is 0 Å². The molecule has 1 aliphatic rings. The molecule has 1 fully saturated rings. The maximum Gasteiger partial charge on any atom is 0.246 e. The number of nitrogens with one attached hydrogen (secondary N) is 1. The molecule has 0 saturated carbocycles. The minimum absolute atomic E-state index is 0.0588. The van der Waals surface area contributed by atoms with Crippen molar-refractivity contribution in [2.75, 3.05) is 19.8 Å². The summed E-state index contributed by atoms with van der Waals surface area (Å²) in [6.45, 7) is 1.07. The maximum atomic E-state index is 13.5. The second kappa shape index (κ2) is 7.45. The highest BCUT2D eigenvalue weighted by atomic mass is 32.2. The second-order valence-corrected chi connectivity index (χ2v) is 6.96. The van der Waals surface area contributed by atoms with E-state index >= 15 is 0 Å². The van der Waals surface area contributed by atoms with E-state index < -0.39 is 32.7 Å². The maximum absolute atomic E-state index is 13.5. The summed E-state index contributed by atoms with van der Waals surface area (Å²) in [5.74, 6) is -2.22. The fourth-order valence-electron chi connectivity index (χ4n) is 2.49. The van der Waals surface area contributed by atoms with E-state index in [1.165, 1.54) is 0 Å². The Labute approximate surface area is 128 Å². The van der Waals surface area contributed by atoms with Crippen molar-refractivity contribution in [3.05, 3.63) is 29.8 Å². The van der Waals surface area contributed by atoms with Gasteiger partial charge in [0.2, 0.25) is 10.0 Å². The van der Waals surface area contributed by atoms with Gasteiger partial charge < -0.3 is 9.84 Å². The number of ether oxygens (including phenoxy) is 1. The third-order valence-corrected chi connectivity index (χ3v) is 5.24. The highest BCUT2D eigenvalue weighted by Gasteiger charge is 2.25. The normalized spacial score (nSPS) is 18.3. The van der Waals surface area contributed by atoms with Crippen LogP contribution in [0.15, 0.2) is 23.1 Å². The van der Waals surface area contributed by atoms with E-state index in [0.29, 0.717) is 13.2 Å². The number of benzene rings is 1. The van der Waals surface area contributed by atoms with Gasteiger partial charge in [-0.2, -0.15) is 0 Å². The molecule has 1 saturated heterocycles. The van der Waals surface area contributed by atoms with Gasteiger partial charge in [-0.05, 0) is 37.3 Å². The molecule has 0 amide bonds. The molecule has 1 aromatic carbocycles. The first-order valence-electron chi connectivity index (χ1n) is 7.11. The summed E-state index contributed by atoms with van der Waals surface area (Å²) < 4.78 is 58.2. The zero-order valence-electron chi connectivity index (χ0n) is 12.0. The second-order valence-electron chi connectivity index (χ2n) is 5.25. The van der Waals surface area contributed by atoms with Crippen LogP contribution < -0.4 is 4.72 Å². The Bertz CT molecular complexity index is 583. The van der Waals surface area contributed by atoms with Crippen LogP contribution >= 0.6 is 0 Å². The molecule has 2 rings (SSSR count). The van der Waals surface area contributed by atoms with Crippen LogP contribution in [0.25, 0.3) is 0 Å². The summed E-state index contributed by atoms with van der Waals surface area (Å²) in [7, 11) is -4.28. The zero-order chi connectivity index (χ0) is 16.2. The standard InChI is InChI=1S/C14H19F2NO4S/c15-11-2-1-3-12(16)14(11)22(19,20)17-7-4-13(18)10-5-8-21-9-6-10/h1-3,10,13,17-18H,4-9H2/t13-/m0/s1. The molecule has 0 spiro atoms. The van der Waals surface area contributed by atoms with Crippen molar-refractivity contribution in [3.8, 4) is 0 Å². The van der Waals surface area contributed by atoms with E-state index in [1.54, 1.807) is 0 Å². The van der Waals surface area contributed by atoms with Crippen LogP contribution in [0.1, 0.15) is 19.3 Å². The van der Waals surface area contributed by atoms with Gasteiger partial charge in [-0.1, -0.05) is 6.07 Å². The van der Waals surface area contributed by atoms with Crippen LogP contribution in [-0.4, -0.2) is 39.4 Å². The SMILES string of the molecule is O=S(=O)(NCC[C@H](O)C1CCOCC1)c1c(F)cccc1F. The summed E-state index contributed by atoms with van der Waals surface area (Å²) >= 11 is 0. The van der Waals surface area contributed by atoms with Gasteiger partial charge in [0.1, 0.15) is 11.6 Å². The molecule has 124 valence electrons. The van der Waals surface area contributed by atoms with Gasteiger partial charge in [-0.25, -0.2) is 21.9 Å². The van der Waals surface area contributed by atoms with Gasteiger partial charge in [0, 0.05) is 19.8 Å². The third-order valence-electron chi connectivity index (χ3n) is 3.73. The zero-order valence-corrected chi connectivity index (χ0v) is 12.8. The largest absolute Gasteiger partial charge is 0.393 e. The molecule has 0 aromatic heterocycles. The van der Waals surface area contributed by atoms with Crippen molar-refractivity contribution >= 4 is 10.0 Å². The summed E-state index contributed by atoms with van der Waals surface area (Å²) in [4.78, 5) is -0.990. The predicted molar refractivity (Wildman–Crippen MR) is 75.7 cm³/mol. The molecular formula is C14H19F2NO4S. The topological polar surface area (TPSA) is 75.6 Å². The fraction of sp³-hybridized carbons (Fsp3) is 0.571. The van der Waals surface area contributed by atoms with Crippen molar-refractivity contribution in [3.63, 3.8) is 0 Å². The lowest BCUT2D eigenvalue weighted by atomic mass is 9.92. The minimum Gasteiger partial charge on any atom is -0.393 e. The predicted octanol–water partition coefficient (Wildman–Crippen LogP) is 1.42. The van der Waals surface area contributed by atoms with Gasteiger partial charge in [-0.15, -0.1) is 0 Å². The fourth-order valence-corrected chi connectivity index (χ4v) is 3.67. The molecule has 5 nitrogen and oxygen atoms in total. The van der Waals surface area contributed by atoms with Crippen LogP contribution in [0.3, 0.4) is 0 Å². The molecule has 1 aliphatic heterocycles. The first kappa shape index (κ1) is 17.3. The molecule has 0 radical (unpaired) electrons. The highest BCUT2D eigenvalue weighted by Crippen LogP contribution is 2.21.